The van der Waals surface area contributed by atoms with Crippen molar-refractivity contribution in [2.75, 3.05) is 13.1 Å². The van der Waals surface area contributed by atoms with Crippen molar-refractivity contribution in [1.29, 1.82) is 0 Å². The van der Waals surface area contributed by atoms with Crippen LogP contribution in [0.4, 0.5) is 0 Å². The van der Waals surface area contributed by atoms with Gasteiger partial charge in [-0.15, -0.1) is 11.3 Å². The topological polar surface area (TPSA) is 34.1 Å². The average Bonchev–Trinajstić information content (AvgIpc) is 2.74. The maximum atomic E-state index is 5.84. The maximum absolute atomic E-state index is 5.84. The smallest absolute Gasteiger partial charge is 0.121 e. The van der Waals surface area contributed by atoms with Crippen LogP contribution < -0.4 is 5.32 Å². The first kappa shape index (κ1) is 9.12. The van der Waals surface area contributed by atoms with E-state index in [1.54, 1.807) is 11.3 Å². The molecule has 0 unspecified atom stereocenters. The van der Waals surface area contributed by atoms with E-state index < -0.39 is 0 Å². The number of aromatic nitrogens is 1. The van der Waals surface area contributed by atoms with Crippen molar-refractivity contribution in [3.8, 4) is 0 Å². The third-order valence-corrected chi connectivity index (χ3v) is 3.15. The minimum atomic E-state index is 0.143. The highest BCUT2D eigenvalue weighted by Gasteiger charge is 2.19. The van der Waals surface area contributed by atoms with Crippen LogP contribution in [0.1, 0.15) is 24.5 Å². The molecule has 13 heavy (non-hydrogen) atoms. The van der Waals surface area contributed by atoms with E-state index in [0.717, 1.165) is 24.5 Å². The van der Waals surface area contributed by atoms with E-state index >= 15 is 0 Å². The normalized spacial score (nSPS) is 24.8. The molecule has 1 aliphatic rings. The number of nitrogens with one attached hydrogen (secondary N) is 1. The number of hydrogen-bond acceptors (Lipinski definition) is 4. The summed E-state index contributed by atoms with van der Waals surface area (Å²) in [6.45, 7) is 4.13. The number of nitrogens with zero attached hydrogens (tertiary/aromatic N) is 1. The first-order valence-corrected chi connectivity index (χ1v) is 5.50. The average molecular weight is 198 g/mol. The molecular formula is C9H14N2OS. The van der Waals surface area contributed by atoms with E-state index in [2.05, 4.69) is 17.2 Å². The summed E-state index contributed by atoms with van der Waals surface area (Å²) in [5.74, 6) is 0. The van der Waals surface area contributed by atoms with Gasteiger partial charge in [0.25, 0.3) is 0 Å². The molecule has 0 aliphatic carbocycles. The highest BCUT2D eigenvalue weighted by Crippen LogP contribution is 2.21. The maximum Gasteiger partial charge on any atom is 0.121 e. The van der Waals surface area contributed by atoms with Crippen molar-refractivity contribution >= 4 is 11.3 Å². The molecule has 0 bridgehead atoms. The summed E-state index contributed by atoms with van der Waals surface area (Å²) < 4.78 is 5.84. The first-order valence-electron chi connectivity index (χ1n) is 4.62. The number of thiazole rings is 1. The Bertz CT molecular complexity index is 244. The molecule has 0 spiro atoms. The van der Waals surface area contributed by atoms with E-state index in [1.165, 1.54) is 0 Å². The summed E-state index contributed by atoms with van der Waals surface area (Å²) in [7, 11) is 0. The predicted octanol–water partition coefficient (Wildman–Crippen LogP) is 1.58. The second kappa shape index (κ2) is 4.17. The molecule has 4 heteroatoms. The molecule has 0 saturated carbocycles. The molecule has 1 saturated heterocycles. The fourth-order valence-electron chi connectivity index (χ4n) is 1.53. The van der Waals surface area contributed by atoms with Crippen molar-refractivity contribution in [1.82, 2.24) is 10.3 Å². The Morgan fingerprint density at radius 3 is 3.31 bits per heavy atom. The van der Waals surface area contributed by atoms with Crippen LogP contribution in [0, 0.1) is 0 Å². The van der Waals surface area contributed by atoms with E-state index in [4.69, 9.17) is 4.74 Å². The molecule has 1 N–H and O–H groups in total. The van der Waals surface area contributed by atoms with Crippen molar-refractivity contribution in [3.63, 3.8) is 0 Å². The van der Waals surface area contributed by atoms with Crippen LogP contribution in [0.2, 0.25) is 0 Å². The van der Waals surface area contributed by atoms with Crippen molar-refractivity contribution in [2.24, 2.45) is 0 Å². The fraction of sp³-hybridized carbons (Fsp3) is 0.667. The molecule has 1 aliphatic heterocycles. The number of ether oxygens (including phenoxy) is 1. The van der Waals surface area contributed by atoms with Crippen LogP contribution >= 0.6 is 11.3 Å². The minimum absolute atomic E-state index is 0.143. The second-order valence-corrected chi connectivity index (χ2v) is 4.19. The third kappa shape index (κ3) is 2.27. The Hall–Kier alpha value is -0.450. The van der Waals surface area contributed by atoms with E-state index in [9.17, 15) is 0 Å². The Labute approximate surface area is 82.1 Å². The Morgan fingerprint density at radius 1 is 1.77 bits per heavy atom. The van der Waals surface area contributed by atoms with Crippen molar-refractivity contribution in [3.05, 3.63) is 16.6 Å². The quantitative estimate of drug-likeness (QED) is 0.800. The summed E-state index contributed by atoms with van der Waals surface area (Å²) in [6, 6.07) is 0. The lowest BCUT2D eigenvalue weighted by Gasteiger charge is -2.15. The summed E-state index contributed by atoms with van der Waals surface area (Å²) in [5, 5.41) is 6.34. The Balaban J connectivity index is 1.87. The van der Waals surface area contributed by atoms with Crippen LogP contribution in [0.3, 0.4) is 0 Å². The monoisotopic (exact) mass is 198 g/mol. The molecular weight excluding hydrogens is 184 g/mol. The fourth-order valence-corrected chi connectivity index (χ4v) is 2.16. The van der Waals surface area contributed by atoms with E-state index in [1.807, 2.05) is 11.6 Å². The second-order valence-electron chi connectivity index (χ2n) is 3.26. The van der Waals surface area contributed by atoms with Gasteiger partial charge in [0.15, 0.2) is 0 Å². The van der Waals surface area contributed by atoms with Gasteiger partial charge in [0.1, 0.15) is 11.1 Å². The summed E-state index contributed by atoms with van der Waals surface area (Å²) in [5.41, 5.74) is 0. The third-order valence-electron chi connectivity index (χ3n) is 2.21. The zero-order chi connectivity index (χ0) is 9.10. The highest BCUT2D eigenvalue weighted by molar-refractivity contribution is 7.09. The van der Waals surface area contributed by atoms with Gasteiger partial charge in [-0.05, 0) is 19.9 Å². The van der Waals surface area contributed by atoms with Gasteiger partial charge in [0, 0.05) is 18.1 Å². The van der Waals surface area contributed by atoms with Crippen LogP contribution in [0.25, 0.3) is 0 Å². The zero-order valence-corrected chi connectivity index (χ0v) is 8.51. The van der Waals surface area contributed by atoms with Crippen LogP contribution in [0.15, 0.2) is 11.6 Å². The van der Waals surface area contributed by atoms with E-state index in [-0.39, 0.29) is 6.10 Å². The molecule has 2 heterocycles. The van der Waals surface area contributed by atoms with Gasteiger partial charge in [-0.2, -0.15) is 0 Å². The Morgan fingerprint density at radius 2 is 2.69 bits per heavy atom. The molecule has 2 rings (SSSR count). The lowest BCUT2D eigenvalue weighted by atomic mass is 10.3. The van der Waals surface area contributed by atoms with Crippen molar-refractivity contribution < 1.29 is 4.74 Å². The molecule has 0 radical (unpaired) electrons. The summed E-state index contributed by atoms with van der Waals surface area (Å²) in [4.78, 5) is 4.23. The molecule has 0 aromatic carbocycles. The largest absolute Gasteiger partial charge is 0.367 e. The predicted molar refractivity (Wildman–Crippen MR) is 52.9 cm³/mol. The molecule has 1 aromatic rings. The molecule has 72 valence electrons. The van der Waals surface area contributed by atoms with Crippen LogP contribution in [-0.4, -0.2) is 24.2 Å². The standard InChI is InChI=1S/C9H14N2OS/c1-7(9-11-4-5-13-9)12-8-2-3-10-6-8/h4-5,7-8,10H,2-3,6H2,1H3/t7-,8-/m0/s1. The minimum Gasteiger partial charge on any atom is -0.367 e. The van der Waals surface area contributed by atoms with Crippen LogP contribution in [0.5, 0.6) is 0 Å². The lowest BCUT2D eigenvalue weighted by Crippen LogP contribution is -2.18. The molecule has 0 amide bonds. The molecule has 2 atom stereocenters. The SMILES string of the molecule is C[C@H](O[C@H]1CCNC1)c1nccs1. The molecule has 1 fully saturated rings. The van der Waals surface area contributed by atoms with Gasteiger partial charge in [0.05, 0.1) is 6.10 Å². The number of rotatable bonds is 3. The number of hydrogen-bond donors (Lipinski definition) is 1. The molecule has 3 nitrogen and oxygen atoms in total. The summed E-state index contributed by atoms with van der Waals surface area (Å²) in [6.07, 6.45) is 3.46. The van der Waals surface area contributed by atoms with Gasteiger partial charge >= 0.3 is 0 Å². The van der Waals surface area contributed by atoms with Gasteiger partial charge < -0.3 is 10.1 Å². The van der Waals surface area contributed by atoms with Gasteiger partial charge in [-0.25, -0.2) is 4.98 Å². The van der Waals surface area contributed by atoms with Gasteiger partial charge in [-0.1, -0.05) is 0 Å². The van der Waals surface area contributed by atoms with Gasteiger partial charge in [0.2, 0.25) is 0 Å². The zero-order valence-electron chi connectivity index (χ0n) is 7.69. The van der Waals surface area contributed by atoms with E-state index in [0.29, 0.717) is 6.10 Å². The highest BCUT2D eigenvalue weighted by atomic mass is 32.1. The lowest BCUT2D eigenvalue weighted by molar-refractivity contribution is 0.00818. The van der Waals surface area contributed by atoms with Crippen LogP contribution in [-0.2, 0) is 4.74 Å². The Kier molecular flexibility index (Phi) is 2.93. The first-order chi connectivity index (χ1) is 6.36. The van der Waals surface area contributed by atoms with Gasteiger partial charge in [-0.3, -0.25) is 0 Å². The molecule has 1 aromatic heterocycles. The summed E-state index contributed by atoms with van der Waals surface area (Å²) >= 11 is 1.66. The van der Waals surface area contributed by atoms with Crippen molar-refractivity contribution in [2.45, 2.75) is 25.6 Å².